The molecule has 2 aromatic rings. The maximum Gasteiger partial charge on any atom is 0.418 e. The lowest BCUT2D eigenvalue weighted by Crippen LogP contribution is -2.14. The number of halogens is 3. The first kappa shape index (κ1) is 16.0. The van der Waals surface area contributed by atoms with E-state index in [-0.39, 0.29) is 11.8 Å². The van der Waals surface area contributed by atoms with Crippen LogP contribution in [0.3, 0.4) is 0 Å². The molecule has 1 aromatic heterocycles. The van der Waals surface area contributed by atoms with E-state index in [2.05, 4.69) is 4.98 Å². The number of hydrogen-bond donors (Lipinski definition) is 1. The van der Waals surface area contributed by atoms with Gasteiger partial charge >= 0.3 is 12.1 Å². The number of carboxylic acids is 1. The fraction of sp³-hybridized carbons (Fsp3) is 0.0833. The lowest BCUT2D eigenvalue weighted by Gasteiger charge is -2.14. The van der Waals surface area contributed by atoms with Crippen LogP contribution in [-0.2, 0) is 6.18 Å². The Kier molecular flexibility index (Phi) is 3.75. The van der Waals surface area contributed by atoms with Crippen molar-refractivity contribution >= 4 is 11.7 Å². The van der Waals surface area contributed by atoms with Gasteiger partial charge in [-0.05, 0) is 6.07 Å². The van der Waals surface area contributed by atoms with Crippen LogP contribution < -0.4 is 0 Å². The highest BCUT2D eigenvalue weighted by Crippen LogP contribution is 2.38. The second-order valence-electron chi connectivity index (χ2n) is 4.22. The van der Waals surface area contributed by atoms with E-state index in [4.69, 9.17) is 10.4 Å². The van der Waals surface area contributed by atoms with E-state index in [1.165, 1.54) is 0 Å². The zero-order valence-electron chi connectivity index (χ0n) is 10.9. The number of benzene rings is 1. The molecule has 1 heterocycles. The van der Waals surface area contributed by atoms with Crippen LogP contribution in [-0.4, -0.2) is 25.6 Å². The number of alkyl halides is 3. The van der Waals surface area contributed by atoms with Crippen LogP contribution in [0.1, 0.15) is 21.6 Å². The number of aromatic nitrogens is 2. The van der Waals surface area contributed by atoms with Crippen molar-refractivity contribution in [3.8, 4) is 11.8 Å². The summed E-state index contributed by atoms with van der Waals surface area (Å²) in [6, 6.07) is 2.27. The van der Waals surface area contributed by atoms with Gasteiger partial charge in [0, 0.05) is 12.3 Å². The van der Waals surface area contributed by atoms with E-state index >= 15 is 0 Å². The molecule has 0 aliphatic carbocycles. The van der Waals surface area contributed by atoms with E-state index < -0.39 is 39.6 Å². The number of nitriles is 1. The molecule has 23 heavy (non-hydrogen) atoms. The molecule has 118 valence electrons. The van der Waals surface area contributed by atoms with Crippen LogP contribution >= 0.6 is 0 Å². The van der Waals surface area contributed by atoms with Crippen LogP contribution in [0.5, 0.6) is 0 Å². The monoisotopic (exact) mass is 326 g/mol. The van der Waals surface area contributed by atoms with Gasteiger partial charge in [0.2, 0.25) is 0 Å². The van der Waals surface area contributed by atoms with Gasteiger partial charge in [0.15, 0.2) is 5.69 Å². The van der Waals surface area contributed by atoms with Crippen molar-refractivity contribution in [1.82, 2.24) is 9.55 Å². The van der Waals surface area contributed by atoms with Gasteiger partial charge in [0.05, 0.1) is 16.2 Å². The Morgan fingerprint density at radius 1 is 1.43 bits per heavy atom. The van der Waals surface area contributed by atoms with Gasteiger partial charge in [-0.3, -0.25) is 10.1 Å². The van der Waals surface area contributed by atoms with Crippen molar-refractivity contribution < 1.29 is 28.0 Å². The first-order chi connectivity index (χ1) is 10.6. The molecular formula is C12H5F3N4O4. The van der Waals surface area contributed by atoms with Crippen molar-refractivity contribution in [2.75, 3.05) is 0 Å². The smallest absolute Gasteiger partial charge is 0.418 e. The van der Waals surface area contributed by atoms with Crippen LogP contribution in [0.15, 0.2) is 24.7 Å². The summed E-state index contributed by atoms with van der Waals surface area (Å²) in [7, 11) is 0. The summed E-state index contributed by atoms with van der Waals surface area (Å²) in [5.41, 5.74) is -4.40. The van der Waals surface area contributed by atoms with E-state index in [9.17, 15) is 28.1 Å². The minimum Gasteiger partial charge on any atom is -0.477 e. The zero-order valence-corrected chi connectivity index (χ0v) is 10.9. The number of carbonyl (C=O) groups is 1. The molecule has 11 heteroatoms. The molecule has 0 saturated carbocycles. The lowest BCUT2D eigenvalue weighted by molar-refractivity contribution is -0.385. The summed E-state index contributed by atoms with van der Waals surface area (Å²) in [6.07, 6.45) is -3.16. The van der Waals surface area contributed by atoms with Crippen molar-refractivity contribution in [3.63, 3.8) is 0 Å². The highest BCUT2D eigenvalue weighted by Gasteiger charge is 2.38. The molecular weight excluding hydrogens is 321 g/mol. The Morgan fingerprint density at radius 3 is 2.52 bits per heavy atom. The van der Waals surface area contributed by atoms with E-state index in [0.29, 0.717) is 6.07 Å². The van der Waals surface area contributed by atoms with Gasteiger partial charge in [0.1, 0.15) is 18.0 Å². The van der Waals surface area contributed by atoms with Gasteiger partial charge < -0.3 is 9.67 Å². The number of carboxylic acid groups (broad SMARTS) is 1. The van der Waals surface area contributed by atoms with Crippen LogP contribution in [0.25, 0.3) is 5.69 Å². The second-order valence-corrected chi connectivity index (χ2v) is 4.22. The molecule has 2 rings (SSSR count). The average Bonchev–Trinajstić information content (AvgIpc) is 2.93. The number of imidazole rings is 1. The van der Waals surface area contributed by atoms with Crippen molar-refractivity contribution in [1.29, 1.82) is 5.26 Å². The summed E-state index contributed by atoms with van der Waals surface area (Å²) in [4.78, 5) is 24.2. The number of nitro benzene ring substituents is 1. The topological polar surface area (TPSA) is 122 Å². The van der Waals surface area contributed by atoms with Gasteiger partial charge in [-0.25, -0.2) is 9.78 Å². The zero-order chi connectivity index (χ0) is 17.4. The quantitative estimate of drug-likeness (QED) is 0.682. The van der Waals surface area contributed by atoms with Crippen molar-refractivity contribution in [3.05, 3.63) is 51.6 Å². The van der Waals surface area contributed by atoms with Crippen LogP contribution in [0.2, 0.25) is 0 Å². The predicted molar refractivity (Wildman–Crippen MR) is 66.9 cm³/mol. The van der Waals surface area contributed by atoms with E-state index in [1.54, 1.807) is 6.07 Å². The number of nitro groups is 1. The van der Waals surface area contributed by atoms with Gasteiger partial charge in [-0.2, -0.15) is 18.4 Å². The third kappa shape index (κ3) is 2.95. The molecule has 0 bridgehead atoms. The summed E-state index contributed by atoms with van der Waals surface area (Å²) >= 11 is 0. The molecule has 0 fully saturated rings. The Labute approximate surface area is 125 Å². The van der Waals surface area contributed by atoms with Gasteiger partial charge in [-0.1, -0.05) is 0 Å². The summed E-state index contributed by atoms with van der Waals surface area (Å²) < 4.78 is 40.2. The number of rotatable bonds is 3. The molecule has 1 aromatic carbocycles. The highest BCUT2D eigenvalue weighted by atomic mass is 19.4. The summed E-state index contributed by atoms with van der Waals surface area (Å²) in [5.74, 6) is -1.76. The minimum atomic E-state index is -4.98. The molecule has 0 aliphatic rings. The predicted octanol–water partition coefficient (Wildman–Crippen LogP) is 2.37. The van der Waals surface area contributed by atoms with Gasteiger partial charge in [-0.15, -0.1) is 0 Å². The maximum absolute atomic E-state index is 13.1. The molecule has 0 amide bonds. The fourth-order valence-electron chi connectivity index (χ4n) is 1.85. The first-order valence-electron chi connectivity index (χ1n) is 5.72. The normalized spacial score (nSPS) is 11.0. The lowest BCUT2D eigenvalue weighted by atomic mass is 10.1. The third-order valence-electron chi connectivity index (χ3n) is 2.82. The first-order valence-corrected chi connectivity index (χ1v) is 5.72. The molecule has 1 N–H and O–H groups in total. The molecule has 0 spiro atoms. The Balaban J connectivity index is 2.83. The van der Waals surface area contributed by atoms with Crippen LogP contribution in [0, 0.1) is 21.4 Å². The molecule has 8 nitrogen and oxygen atoms in total. The molecule has 0 saturated heterocycles. The molecule has 0 aliphatic heterocycles. The Bertz CT molecular complexity index is 851. The SMILES string of the molecule is N#Cc1cn(-c2cc(C(=O)O)c([N+](=O)[O-])cc2C(F)(F)F)cn1. The van der Waals surface area contributed by atoms with E-state index in [0.717, 1.165) is 17.1 Å². The third-order valence-corrected chi connectivity index (χ3v) is 2.82. The largest absolute Gasteiger partial charge is 0.477 e. The van der Waals surface area contributed by atoms with Crippen LogP contribution in [0.4, 0.5) is 18.9 Å². The molecule has 0 atom stereocenters. The second kappa shape index (κ2) is 5.41. The average molecular weight is 326 g/mol. The Hall–Kier alpha value is -3.42. The summed E-state index contributed by atoms with van der Waals surface area (Å²) in [5, 5.41) is 28.4. The maximum atomic E-state index is 13.1. The molecule has 0 radical (unpaired) electrons. The number of aromatic carboxylic acids is 1. The number of hydrogen-bond acceptors (Lipinski definition) is 5. The van der Waals surface area contributed by atoms with Gasteiger partial charge in [0.25, 0.3) is 5.69 Å². The Morgan fingerprint density at radius 2 is 2.09 bits per heavy atom. The minimum absolute atomic E-state index is 0.144. The highest BCUT2D eigenvalue weighted by molar-refractivity contribution is 5.93. The summed E-state index contributed by atoms with van der Waals surface area (Å²) in [6.45, 7) is 0. The van der Waals surface area contributed by atoms with Crippen molar-refractivity contribution in [2.45, 2.75) is 6.18 Å². The fourth-order valence-corrected chi connectivity index (χ4v) is 1.85. The number of nitrogens with zero attached hydrogens (tertiary/aromatic N) is 4. The van der Waals surface area contributed by atoms with Crippen molar-refractivity contribution in [2.24, 2.45) is 0 Å². The standard InChI is InChI=1S/C12H5F3N4O4/c13-12(14,15)8-2-9(19(22)23)7(11(20)21)1-10(8)18-4-6(3-16)17-5-18/h1-2,4-5H,(H,20,21). The molecule has 0 unspecified atom stereocenters. The van der Waals surface area contributed by atoms with E-state index in [1.807, 2.05) is 0 Å².